The number of nitrogens with zero attached hydrogens (tertiary/aromatic N) is 2. The molecule has 0 aliphatic carbocycles. The van der Waals surface area contributed by atoms with E-state index in [1.807, 2.05) is 6.07 Å². The lowest BCUT2D eigenvalue weighted by Gasteiger charge is -2.32. The largest absolute Gasteiger partial charge is 0.496 e. The fraction of sp³-hybridized carbons (Fsp3) is 0.538. The van der Waals surface area contributed by atoms with Crippen LogP contribution >= 0.6 is 0 Å². The zero-order valence-electron chi connectivity index (χ0n) is 11.5. The summed E-state index contributed by atoms with van der Waals surface area (Å²) < 4.78 is 5.34. The Morgan fingerprint density at radius 2 is 1.89 bits per heavy atom. The monoisotopic (exact) mass is 264 g/mol. The molecule has 0 unspecified atom stereocenters. The highest BCUT2D eigenvalue weighted by molar-refractivity contribution is 6.58. The van der Waals surface area contributed by atoms with E-state index in [2.05, 4.69) is 16.8 Å². The van der Waals surface area contributed by atoms with Gasteiger partial charge in [-0.15, -0.1) is 0 Å². The molecule has 1 heterocycles. The van der Waals surface area contributed by atoms with Gasteiger partial charge in [-0.2, -0.15) is 0 Å². The van der Waals surface area contributed by atoms with Gasteiger partial charge in [0.15, 0.2) is 0 Å². The third kappa shape index (κ3) is 3.70. The summed E-state index contributed by atoms with van der Waals surface area (Å²) in [4.78, 5) is 4.66. The Morgan fingerprint density at radius 3 is 2.47 bits per heavy atom. The van der Waals surface area contributed by atoms with Crippen molar-refractivity contribution in [2.45, 2.75) is 6.54 Å². The predicted molar refractivity (Wildman–Crippen MR) is 75.6 cm³/mol. The Bertz CT molecular complexity index is 420. The molecule has 0 aromatic heterocycles. The summed E-state index contributed by atoms with van der Waals surface area (Å²) in [5, 5.41) is 18.5. The first-order chi connectivity index (χ1) is 9.10. The zero-order chi connectivity index (χ0) is 13.8. The Labute approximate surface area is 114 Å². The van der Waals surface area contributed by atoms with Gasteiger partial charge >= 0.3 is 7.12 Å². The molecule has 2 N–H and O–H groups in total. The van der Waals surface area contributed by atoms with Gasteiger partial charge in [-0.3, -0.25) is 4.90 Å². The Hall–Kier alpha value is -1.08. The second-order valence-corrected chi connectivity index (χ2v) is 5.02. The molecule has 2 rings (SSSR count). The summed E-state index contributed by atoms with van der Waals surface area (Å²) in [5.74, 6) is 0.795. The molecule has 1 aromatic carbocycles. The summed E-state index contributed by atoms with van der Waals surface area (Å²) in [5.41, 5.74) is 1.50. The van der Waals surface area contributed by atoms with Crippen LogP contribution in [0.3, 0.4) is 0 Å². The molecule has 6 heteroatoms. The first-order valence-electron chi connectivity index (χ1n) is 6.54. The molecule has 1 saturated heterocycles. The van der Waals surface area contributed by atoms with Gasteiger partial charge in [0.1, 0.15) is 5.75 Å². The molecule has 1 aliphatic rings. The molecule has 5 nitrogen and oxygen atoms in total. The van der Waals surface area contributed by atoms with E-state index in [4.69, 9.17) is 4.74 Å². The molecule has 19 heavy (non-hydrogen) atoms. The summed E-state index contributed by atoms with van der Waals surface area (Å²) in [6.07, 6.45) is 0. The third-order valence-electron chi connectivity index (χ3n) is 3.59. The van der Waals surface area contributed by atoms with Gasteiger partial charge in [0.2, 0.25) is 0 Å². The lowest BCUT2D eigenvalue weighted by molar-refractivity contribution is 0.147. The average Bonchev–Trinajstić information content (AvgIpc) is 2.41. The minimum atomic E-state index is -1.43. The van der Waals surface area contributed by atoms with E-state index < -0.39 is 7.12 Å². The Balaban J connectivity index is 2.11. The molecule has 1 aromatic rings. The van der Waals surface area contributed by atoms with Gasteiger partial charge in [-0.05, 0) is 18.6 Å². The molecule has 0 saturated carbocycles. The number of methoxy groups -OCH3 is 1. The molecule has 0 spiro atoms. The van der Waals surface area contributed by atoms with Crippen molar-refractivity contribution < 1.29 is 14.8 Å². The third-order valence-corrected chi connectivity index (χ3v) is 3.59. The van der Waals surface area contributed by atoms with Crippen LogP contribution in [0, 0.1) is 0 Å². The SMILES string of the molecule is COc1ccc(B(O)O)cc1CN1CCN(C)CC1. The quantitative estimate of drug-likeness (QED) is 0.692. The predicted octanol–water partition coefficient (Wildman–Crippen LogP) is -0.878. The number of benzene rings is 1. The number of hydrogen-bond donors (Lipinski definition) is 2. The number of ether oxygens (including phenoxy) is 1. The molecule has 0 atom stereocenters. The highest BCUT2D eigenvalue weighted by atomic mass is 16.5. The zero-order valence-corrected chi connectivity index (χ0v) is 11.5. The summed E-state index contributed by atoms with van der Waals surface area (Å²) in [6.45, 7) is 4.93. The second-order valence-electron chi connectivity index (χ2n) is 5.02. The smallest absolute Gasteiger partial charge is 0.488 e. The topological polar surface area (TPSA) is 56.2 Å². The van der Waals surface area contributed by atoms with E-state index in [0.717, 1.165) is 44.0 Å². The highest BCUT2D eigenvalue weighted by Crippen LogP contribution is 2.19. The molecule has 0 bridgehead atoms. The highest BCUT2D eigenvalue weighted by Gasteiger charge is 2.18. The van der Waals surface area contributed by atoms with Crippen molar-refractivity contribution >= 4 is 12.6 Å². The van der Waals surface area contributed by atoms with Gasteiger partial charge < -0.3 is 19.7 Å². The normalized spacial score (nSPS) is 17.5. The number of piperazine rings is 1. The molecule has 104 valence electrons. The molecule has 1 aliphatic heterocycles. The van der Waals surface area contributed by atoms with Crippen molar-refractivity contribution in [1.82, 2.24) is 9.80 Å². The first-order valence-corrected chi connectivity index (χ1v) is 6.54. The van der Waals surface area contributed by atoms with E-state index in [1.54, 1.807) is 19.2 Å². The molecular weight excluding hydrogens is 243 g/mol. The van der Waals surface area contributed by atoms with Crippen LogP contribution in [0.1, 0.15) is 5.56 Å². The van der Waals surface area contributed by atoms with Gasteiger partial charge in [-0.1, -0.05) is 12.1 Å². The number of hydrogen-bond acceptors (Lipinski definition) is 5. The van der Waals surface area contributed by atoms with Crippen molar-refractivity contribution in [3.05, 3.63) is 23.8 Å². The van der Waals surface area contributed by atoms with Crippen molar-refractivity contribution in [2.24, 2.45) is 0 Å². The van der Waals surface area contributed by atoms with Crippen LogP contribution in [0.2, 0.25) is 0 Å². The lowest BCUT2D eigenvalue weighted by atomic mass is 9.79. The van der Waals surface area contributed by atoms with Crippen LogP contribution in [-0.4, -0.2) is 67.3 Å². The van der Waals surface area contributed by atoms with Crippen molar-refractivity contribution in [3.63, 3.8) is 0 Å². The fourth-order valence-corrected chi connectivity index (χ4v) is 2.33. The molecule has 1 fully saturated rings. The average molecular weight is 264 g/mol. The summed E-state index contributed by atoms with van der Waals surface area (Å²) >= 11 is 0. The van der Waals surface area contributed by atoms with Crippen molar-refractivity contribution in [3.8, 4) is 5.75 Å². The maximum Gasteiger partial charge on any atom is 0.488 e. The Morgan fingerprint density at radius 1 is 1.21 bits per heavy atom. The Kier molecular flexibility index (Phi) is 4.82. The molecule has 0 radical (unpaired) electrons. The van der Waals surface area contributed by atoms with Crippen molar-refractivity contribution in [1.29, 1.82) is 0 Å². The molecule has 0 amide bonds. The van der Waals surface area contributed by atoms with E-state index in [0.29, 0.717) is 5.46 Å². The fourth-order valence-electron chi connectivity index (χ4n) is 2.33. The maximum absolute atomic E-state index is 9.25. The van der Waals surface area contributed by atoms with Gasteiger partial charge in [0, 0.05) is 38.3 Å². The van der Waals surface area contributed by atoms with E-state index in [1.165, 1.54) is 0 Å². The minimum Gasteiger partial charge on any atom is -0.496 e. The van der Waals surface area contributed by atoms with Crippen LogP contribution in [0.25, 0.3) is 0 Å². The van der Waals surface area contributed by atoms with Crippen LogP contribution in [0.15, 0.2) is 18.2 Å². The first kappa shape index (κ1) is 14.3. The van der Waals surface area contributed by atoms with Crippen LogP contribution in [0.5, 0.6) is 5.75 Å². The number of likely N-dealkylation sites (N-methyl/N-ethyl adjacent to an activating group) is 1. The van der Waals surface area contributed by atoms with Crippen molar-refractivity contribution in [2.75, 3.05) is 40.3 Å². The van der Waals surface area contributed by atoms with Crippen LogP contribution < -0.4 is 10.2 Å². The van der Waals surface area contributed by atoms with Crippen LogP contribution in [-0.2, 0) is 6.54 Å². The maximum atomic E-state index is 9.25. The van der Waals surface area contributed by atoms with E-state index in [9.17, 15) is 10.0 Å². The summed E-state index contributed by atoms with van der Waals surface area (Å²) in [6, 6.07) is 5.28. The van der Waals surface area contributed by atoms with Crippen LogP contribution in [0.4, 0.5) is 0 Å². The van der Waals surface area contributed by atoms with Gasteiger partial charge in [0.25, 0.3) is 0 Å². The number of rotatable bonds is 4. The van der Waals surface area contributed by atoms with Gasteiger partial charge in [0.05, 0.1) is 7.11 Å². The lowest BCUT2D eigenvalue weighted by Crippen LogP contribution is -2.44. The summed E-state index contributed by atoms with van der Waals surface area (Å²) in [7, 11) is 2.33. The van der Waals surface area contributed by atoms with Gasteiger partial charge in [-0.25, -0.2) is 0 Å². The minimum absolute atomic E-state index is 0.505. The molecular formula is C13H21BN2O3. The second kappa shape index (κ2) is 6.39. The van der Waals surface area contributed by atoms with E-state index in [-0.39, 0.29) is 0 Å². The standard InChI is InChI=1S/C13H21BN2O3/c1-15-5-7-16(8-6-15)10-11-9-12(14(17)18)3-4-13(11)19-2/h3-4,9,17-18H,5-8,10H2,1-2H3. The van der Waals surface area contributed by atoms with E-state index >= 15 is 0 Å².